The zero-order valence-electron chi connectivity index (χ0n) is 16.5. The molecule has 154 valence electrons. The van der Waals surface area contributed by atoms with Crippen molar-refractivity contribution >= 4 is 28.9 Å². The van der Waals surface area contributed by atoms with Crippen LogP contribution in [0, 0.1) is 0 Å². The summed E-state index contributed by atoms with van der Waals surface area (Å²) in [6.07, 6.45) is 3.26. The van der Waals surface area contributed by atoms with E-state index in [0.717, 1.165) is 10.4 Å². The number of hydrogen-bond donors (Lipinski definition) is 3. The van der Waals surface area contributed by atoms with Crippen LogP contribution in [0.2, 0.25) is 0 Å². The number of aromatic hydroxyl groups is 1. The highest BCUT2D eigenvalue weighted by molar-refractivity contribution is 7.10. The SMILES string of the molecule is CC1=C(C(=O)Nc2cccnc2)C(c2cccs2)n2nc(-c3ccc(O)cc3)nc2N1. The first kappa shape index (κ1) is 19.0. The Labute approximate surface area is 181 Å². The molecule has 3 aromatic heterocycles. The fourth-order valence-corrected chi connectivity index (χ4v) is 4.34. The number of rotatable bonds is 4. The van der Waals surface area contributed by atoms with Crippen molar-refractivity contribution in [1.29, 1.82) is 0 Å². The number of phenols is 1. The molecule has 1 unspecified atom stereocenters. The lowest BCUT2D eigenvalue weighted by Crippen LogP contribution is -2.31. The molecule has 1 amide bonds. The molecule has 5 rings (SSSR count). The molecule has 0 saturated carbocycles. The van der Waals surface area contributed by atoms with Gasteiger partial charge in [0, 0.05) is 22.3 Å². The second-order valence-electron chi connectivity index (χ2n) is 7.03. The molecule has 1 aliphatic rings. The Kier molecular flexibility index (Phi) is 4.72. The average Bonchev–Trinajstić information content (AvgIpc) is 3.44. The Balaban J connectivity index is 1.57. The molecule has 4 aromatic rings. The zero-order valence-corrected chi connectivity index (χ0v) is 17.3. The van der Waals surface area contributed by atoms with Gasteiger partial charge in [0.2, 0.25) is 5.95 Å². The van der Waals surface area contributed by atoms with Crippen molar-refractivity contribution in [2.24, 2.45) is 0 Å². The summed E-state index contributed by atoms with van der Waals surface area (Å²) in [5.74, 6) is 1.00. The van der Waals surface area contributed by atoms with E-state index in [1.807, 2.05) is 24.4 Å². The monoisotopic (exact) mass is 430 g/mol. The summed E-state index contributed by atoms with van der Waals surface area (Å²) in [7, 11) is 0. The topological polar surface area (TPSA) is 105 Å². The number of thiophene rings is 1. The lowest BCUT2D eigenvalue weighted by atomic mass is 10.0. The molecule has 3 N–H and O–H groups in total. The first-order chi connectivity index (χ1) is 15.1. The third-order valence-corrected chi connectivity index (χ3v) is 5.88. The second kappa shape index (κ2) is 7.69. The number of anilines is 2. The summed E-state index contributed by atoms with van der Waals surface area (Å²) in [5.41, 5.74) is 2.65. The largest absolute Gasteiger partial charge is 0.508 e. The summed E-state index contributed by atoms with van der Waals surface area (Å²) in [6, 6.07) is 13.8. The van der Waals surface area contributed by atoms with E-state index in [2.05, 4.69) is 20.6 Å². The van der Waals surface area contributed by atoms with Crippen LogP contribution in [0.1, 0.15) is 17.8 Å². The third kappa shape index (κ3) is 3.55. The van der Waals surface area contributed by atoms with Gasteiger partial charge >= 0.3 is 0 Å². The highest BCUT2D eigenvalue weighted by atomic mass is 32.1. The van der Waals surface area contributed by atoms with Crippen LogP contribution >= 0.6 is 11.3 Å². The summed E-state index contributed by atoms with van der Waals surface area (Å²) in [5, 5.41) is 22.4. The van der Waals surface area contributed by atoms with Crippen molar-refractivity contribution in [3.05, 3.63) is 82.5 Å². The summed E-state index contributed by atoms with van der Waals surface area (Å²) >= 11 is 1.55. The van der Waals surface area contributed by atoms with Crippen LogP contribution in [0.5, 0.6) is 5.75 Å². The van der Waals surface area contributed by atoms with E-state index in [4.69, 9.17) is 5.10 Å². The first-order valence-corrected chi connectivity index (χ1v) is 10.5. The van der Waals surface area contributed by atoms with Crippen LogP contribution in [0.25, 0.3) is 11.4 Å². The molecule has 8 nitrogen and oxygen atoms in total. The molecule has 0 bridgehead atoms. The van der Waals surface area contributed by atoms with Crippen LogP contribution in [0.4, 0.5) is 11.6 Å². The van der Waals surface area contributed by atoms with Crippen molar-refractivity contribution < 1.29 is 9.90 Å². The minimum absolute atomic E-state index is 0.175. The van der Waals surface area contributed by atoms with Crippen molar-refractivity contribution in [3.63, 3.8) is 0 Å². The predicted octanol–water partition coefficient (Wildman–Crippen LogP) is 4.03. The summed E-state index contributed by atoms with van der Waals surface area (Å²) in [6.45, 7) is 1.86. The molecule has 1 atom stereocenters. The van der Waals surface area contributed by atoms with Gasteiger partial charge in [-0.15, -0.1) is 16.4 Å². The van der Waals surface area contributed by atoms with Crippen LogP contribution in [0.3, 0.4) is 0 Å². The number of nitrogens with one attached hydrogen (secondary N) is 2. The van der Waals surface area contributed by atoms with Crippen molar-refractivity contribution in [2.45, 2.75) is 13.0 Å². The zero-order chi connectivity index (χ0) is 21.4. The van der Waals surface area contributed by atoms with Crippen LogP contribution < -0.4 is 10.6 Å². The smallest absolute Gasteiger partial charge is 0.255 e. The Morgan fingerprint density at radius 3 is 2.74 bits per heavy atom. The molecule has 4 heterocycles. The molecule has 0 spiro atoms. The molecule has 0 saturated heterocycles. The van der Waals surface area contributed by atoms with Crippen molar-refractivity contribution in [3.8, 4) is 17.1 Å². The Morgan fingerprint density at radius 2 is 2.03 bits per heavy atom. The van der Waals surface area contributed by atoms with E-state index < -0.39 is 6.04 Å². The minimum atomic E-state index is -0.425. The average molecular weight is 430 g/mol. The van der Waals surface area contributed by atoms with Crippen molar-refractivity contribution in [2.75, 3.05) is 10.6 Å². The van der Waals surface area contributed by atoms with Gasteiger partial charge in [0.15, 0.2) is 5.82 Å². The van der Waals surface area contributed by atoms with Gasteiger partial charge in [-0.1, -0.05) is 6.07 Å². The maximum atomic E-state index is 13.3. The molecule has 1 aromatic carbocycles. The van der Waals surface area contributed by atoms with Gasteiger partial charge in [0.25, 0.3) is 5.91 Å². The number of allylic oxidation sites excluding steroid dienone is 1. The number of aromatic nitrogens is 4. The highest BCUT2D eigenvalue weighted by Crippen LogP contribution is 2.38. The van der Waals surface area contributed by atoms with E-state index in [-0.39, 0.29) is 11.7 Å². The van der Waals surface area contributed by atoms with E-state index in [1.165, 1.54) is 0 Å². The van der Waals surface area contributed by atoms with Gasteiger partial charge in [-0.05, 0) is 54.8 Å². The Hall–Kier alpha value is -3.98. The Bertz CT molecular complexity index is 1260. The quantitative estimate of drug-likeness (QED) is 0.451. The molecule has 0 fully saturated rings. The highest BCUT2D eigenvalue weighted by Gasteiger charge is 2.35. The summed E-state index contributed by atoms with van der Waals surface area (Å²) < 4.78 is 1.74. The van der Waals surface area contributed by atoms with Crippen LogP contribution in [-0.2, 0) is 4.79 Å². The van der Waals surface area contributed by atoms with Gasteiger partial charge in [-0.2, -0.15) is 4.98 Å². The number of amides is 1. The molecule has 0 aliphatic carbocycles. The molecule has 31 heavy (non-hydrogen) atoms. The first-order valence-electron chi connectivity index (χ1n) is 9.58. The predicted molar refractivity (Wildman–Crippen MR) is 119 cm³/mol. The van der Waals surface area contributed by atoms with Gasteiger partial charge in [0.05, 0.1) is 17.5 Å². The fourth-order valence-electron chi connectivity index (χ4n) is 3.52. The number of pyridine rings is 1. The minimum Gasteiger partial charge on any atom is -0.508 e. The van der Waals surface area contributed by atoms with E-state index in [1.54, 1.807) is 64.8 Å². The van der Waals surface area contributed by atoms with Crippen LogP contribution in [-0.4, -0.2) is 30.8 Å². The molecular formula is C22H18N6O2S. The lowest BCUT2D eigenvalue weighted by Gasteiger charge is -2.27. The second-order valence-corrected chi connectivity index (χ2v) is 8.01. The molecular weight excluding hydrogens is 412 g/mol. The number of nitrogens with zero attached hydrogens (tertiary/aromatic N) is 4. The normalized spacial score (nSPS) is 15.3. The number of benzene rings is 1. The number of fused-ring (bicyclic) bond motifs is 1. The Morgan fingerprint density at radius 1 is 1.19 bits per heavy atom. The van der Waals surface area contributed by atoms with Gasteiger partial charge < -0.3 is 15.7 Å². The number of hydrogen-bond acceptors (Lipinski definition) is 7. The van der Waals surface area contributed by atoms with Gasteiger partial charge in [-0.25, -0.2) is 4.68 Å². The maximum absolute atomic E-state index is 13.3. The number of phenolic OH excluding ortho intramolecular Hbond substituents is 1. The third-order valence-electron chi connectivity index (χ3n) is 4.95. The van der Waals surface area contributed by atoms with Gasteiger partial charge in [0.1, 0.15) is 11.8 Å². The molecule has 1 aliphatic heterocycles. The van der Waals surface area contributed by atoms with Crippen molar-refractivity contribution in [1.82, 2.24) is 19.7 Å². The fraction of sp³-hybridized carbons (Fsp3) is 0.0909. The van der Waals surface area contributed by atoms with E-state index in [0.29, 0.717) is 28.7 Å². The molecule has 0 radical (unpaired) electrons. The van der Waals surface area contributed by atoms with Gasteiger partial charge in [-0.3, -0.25) is 9.78 Å². The number of carbonyl (C=O) groups excluding carboxylic acids is 1. The van der Waals surface area contributed by atoms with E-state index >= 15 is 0 Å². The summed E-state index contributed by atoms with van der Waals surface area (Å²) in [4.78, 5) is 22.9. The van der Waals surface area contributed by atoms with Crippen LogP contribution in [0.15, 0.2) is 77.6 Å². The molecule has 9 heteroatoms. The number of carbonyl (C=O) groups is 1. The lowest BCUT2D eigenvalue weighted by molar-refractivity contribution is -0.113. The standard InChI is InChI=1S/C22H18N6O2S/c1-13-18(21(30)25-15-4-2-10-23-12-15)19(17-5-3-11-31-17)28-22(24-13)26-20(27-28)14-6-8-16(29)9-7-14/h2-12,19,29H,1H3,(H,25,30)(H,24,26,27). The maximum Gasteiger partial charge on any atom is 0.255 e. The van der Waals surface area contributed by atoms with E-state index in [9.17, 15) is 9.90 Å².